The zero-order valence-electron chi connectivity index (χ0n) is 12.9. The Kier molecular flexibility index (Phi) is 7.48. The van der Waals surface area contributed by atoms with Crippen LogP contribution in [0.1, 0.15) is 28.2 Å². The molecule has 0 aliphatic carbocycles. The molecule has 0 spiro atoms. The lowest BCUT2D eigenvalue weighted by Crippen LogP contribution is -2.39. The molecular weight excluding hydrogens is 353 g/mol. The van der Waals surface area contributed by atoms with Gasteiger partial charge in [0.05, 0.1) is 10.7 Å². The number of aryl methyl sites for hydroxylation is 1. The van der Waals surface area contributed by atoms with Crippen molar-refractivity contribution in [2.24, 2.45) is 5.73 Å². The van der Waals surface area contributed by atoms with Crippen LogP contribution in [0.25, 0.3) is 11.3 Å². The van der Waals surface area contributed by atoms with Crippen molar-refractivity contribution >= 4 is 42.1 Å². The van der Waals surface area contributed by atoms with Crippen LogP contribution in [0.3, 0.4) is 0 Å². The normalized spacial score (nSPS) is 16.6. The number of amides is 1. The van der Waals surface area contributed by atoms with Crippen LogP contribution < -0.4 is 5.73 Å². The number of benzene rings is 1. The summed E-state index contributed by atoms with van der Waals surface area (Å²) in [5.74, 6) is 0.0803. The number of nitrogens with two attached hydrogens (primary N) is 1. The molecule has 1 aromatic carbocycles. The van der Waals surface area contributed by atoms with Crippen molar-refractivity contribution in [3.05, 3.63) is 40.2 Å². The van der Waals surface area contributed by atoms with Crippen LogP contribution in [-0.4, -0.2) is 34.9 Å². The Bertz CT molecular complexity index is 662. The minimum absolute atomic E-state index is 0. The van der Waals surface area contributed by atoms with Gasteiger partial charge in [0.1, 0.15) is 0 Å². The van der Waals surface area contributed by atoms with Crippen molar-refractivity contribution in [3.63, 3.8) is 0 Å². The number of aromatic nitrogens is 1. The minimum atomic E-state index is 0. The maximum atomic E-state index is 12.7. The predicted octanol–water partition coefficient (Wildman–Crippen LogP) is 3.53. The Morgan fingerprint density at radius 2 is 2.22 bits per heavy atom. The molecule has 3 rings (SSSR count). The second-order valence-corrected chi connectivity index (χ2v) is 6.43. The monoisotopic (exact) mass is 373 g/mol. The first-order chi connectivity index (χ1) is 10.2. The largest absolute Gasteiger partial charge is 0.334 e. The van der Waals surface area contributed by atoms with E-state index in [0.29, 0.717) is 6.54 Å². The zero-order valence-corrected chi connectivity index (χ0v) is 15.3. The van der Waals surface area contributed by atoms with Gasteiger partial charge in [-0.1, -0.05) is 12.1 Å². The van der Waals surface area contributed by atoms with Crippen LogP contribution in [0.15, 0.2) is 29.6 Å². The second kappa shape index (κ2) is 8.64. The molecule has 126 valence electrons. The summed E-state index contributed by atoms with van der Waals surface area (Å²) in [6.45, 7) is 3.33. The van der Waals surface area contributed by atoms with Crippen LogP contribution in [0, 0.1) is 6.92 Å². The molecule has 23 heavy (non-hydrogen) atoms. The Balaban J connectivity index is 0.00000132. The maximum absolute atomic E-state index is 12.7. The molecule has 0 saturated carbocycles. The topological polar surface area (TPSA) is 59.2 Å². The first-order valence-electron chi connectivity index (χ1n) is 7.22. The number of carbonyl (C=O) groups excluding carboxylic acids is 1. The maximum Gasteiger partial charge on any atom is 0.254 e. The first-order valence-corrected chi connectivity index (χ1v) is 8.10. The average molecular weight is 374 g/mol. The van der Waals surface area contributed by atoms with E-state index >= 15 is 0 Å². The molecule has 0 bridgehead atoms. The van der Waals surface area contributed by atoms with E-state index in [0.717, 1.165) is 41.2 Å². The number of thiazole rings is 1. The van der Waals surface area contributed by atoms with Gasteiger partial charge in [0.25, 0.3) is 5.91 Å². The fourth-order valence-corrected chi connectivity index (χ4v) is 3.44. The smallest absolute Gasteiger partial charge is 0.254 e. The summed E-state index contributed by atoms with van der Waals surface area (Å²) < 4.78 is 0. The summed E-state index contributed by atoms with van der Waals surface area (Å²) in [4.78, 5) is 19.0. The summed E-state index contributed by atoms with van der Waals surface area (Å²) >= 11 is 1.62. The van der Waals surface area contributed by atoms with Crippen molar-refractivity contribution in [3.8, 4) is 11.3 Å². The van der Waals surface area contributed by atoms with Crippen LogP contribution in [-0.2, 0) is 0 Å². The van der Waals surface area contributed by atoms with Crippen LogP contribution in [0.5, 0.6) is 0 Å². The summed E-state index contributed by atoms with van der Waals surface area (Å²) in [5.41, 5.74) is 8.41. The highest BCUT2D eigenvalue weighted by molar-refractivity contribution is 7.09. The summed E-state index contributed by atoms with van der Waals surface area (Å²) in [6, 6.07) is 7.91. The lowest BCUT2D eigenvalue weighted by Gasteiger charge is -2.23. The molecule has 1 unspecified atom stereocenters. The number of hydrogen-bond donors (Lipinski definition) is 1. The molecule has 1 fully saturated rings. The molecule has 2 N–H and O–H groups in total. The molecule has 4 nitrogen and oxygen atoms in total. The highest BCUT2D eigenvalue weighted by Crippen LogP contribution is 2.24. The zero-order chi connectivity index (χ0) is 14.8. The number of likely N-dealkylation sites (tertiary alicyclic amines) is 1. The van der Waals surface area contributed by atoms with Crippen LogP contribution >= 0.6 is 36.2 Å². The fraction of sp³-hybridized carbons (Fsp3) is 0.375. The Labute approximate surface area is 152 Å². The van der Waals surface area contributed by atoms with Crippen molar-refractivity contribution in [1.82, 2.24) is 9.88 Å². The summed E-state index contributed by atoms with van der Waals surface area (Å²) in [6.07, 6.45) is 2.05. The van der Waals surface area contributed by atoms with Gasteiger partial charge in [-0.2, -0.15) is 0 Å². The molecule has 1 aliphatic heterocycles. The lowest BCUT2D eigenvalue weighted by molar-refractivity contribution is 0.0741. The molecule has 2 aromatic rings. The fourth-order valence-electron chi connectivity index (χ4n) is 2.82. The van der Waals surface area contributed by atoms with Gasteiger partial charge >= 0.3 is 0 Å². The molecule has 1 atom stereocenters. The standard InChI is InChI=1S/C16H19N3OS.2ClH/c1-11-18-15(10-21-11)12-4-2-5-13(8-12)16(20)19-7-3-6-14(19)9-17;;/h2,4-5,8,10,14H,3,6-7,9,17H2,1H3;2*1H. The van der Waals surface area contributed by atoms with Gasteiger partial charge in [-0.05, 0) is 31.9 Å². The Hall–Kier alpha value is -1.14. The third-order valence-corrected chi connectivity index (χ3v) is 4.71. The second-order valence-electron chi connectivity index (χ2n) is 5.36. The number of nitrogens with zero attached hydrogens (tertiary/aromatic N) is 2. The van der Waals surface area contributed by atoms with Crippen LogP contribution in [0.4, 0.5) is 0 Å². The van der Waals surface area contributed by atoms with Crippen LogP contribution in [0.2, 0.25) is 0 Å². The summed E-state index contributed by atoms with van der Waals surface area (Å²) in [7, 11) is 0. The van der Waals surface area contributed by atoms with Crippen molar-refractivity contribution in [2.45, 2.75) is 25.8 Å². The molecule has 1 amide bonds. The van der Waals surface area contributed by atoms with Gasteiger partial charge in [0, 0.05) is 35.6 Å². The van der Waals surface area contributed by atoms with E-state index in [1.165, 1.54) is 0 Å². The molecule has 1 saturated heterocycles. The highest BCUT2D eigenvalue weighted by atomic mass is 35.5. The van der Waals surface area contributed by atoms with E-state index in [4.69, 9.17) is 5.73 Å². The van der Waals surface area contributed by atoms with Gasteiger partial charge in [-0.25, -0.2) is 4.98 Å². The van der Waals surface area contributed by atoms with E-state index < -0.39 is 0 Å². The first kappa shape index (κ1) is 19.9. The Morgan fingerprint density at radius 1 is 1.43 bits per heavy atom. The molecule has 7 heteroatoms. The highest BCUT2D eigenvalue weighted by Gasteiger charge is 2.28. The Morgan fingerprint density at radius 3 is 2.87 bits per heavy atom. The lowest BCUT2D eigenvalue weighted by atomic mass is 10.1. The average Bonchev–Trinajstić information content (AvgIpc) is 3.15. The van der Waals surface area contributed by atoms with E-state index in [9.17, 15) is 4.79 Å². The third kappa shape index (κ3) is 4.23. The minimum Gasteiger partial charge on any atom is -0.334 e. The van der Waals surface area contributed by atoms with E-state index in [2.05, 4.69) is 4.98 Å². The quantitative estimate of drug-likeness (QED) is 0.894. The molecular formula is C16H21Cl2N3OS. The van der Waals surface area contributed by atoms with E-state index in [1.807, 2.05) is 41.5 Å². The number of hydrogen-bond acceptors (Lipinski definition) is 4. The number of halogens is 2. The van der Waals surface area contributed by atoms with Gasteiger partial charge in [0.15, 0.2) is 0 Å². The predicted molar refractivity (Wildman–Crippen MR) is 99.9 cm³/mol. The van der Waals surface area contributed by atoms with Crippen molar-refractivity contribution in [1.29, 1.82) is 0 Å². The van der Waals surface area contributed by atoms with Gasteiger partial charge in [-0.15, -0.1) is 36.2 Å². The SMILES string of the molecule is Cc1nc(-c2cccc(C(=O)N3CCCC3CN)c2)cs1.Cl.Cl. The molecule has 2 heterocycles. The van der Waals surface area contributed by atoms with Crippen molar-refractivity contribution < 1.29 is 4.79 Å². The molecule has 1 aliphatic rings. The van der Waals surface area contributed by atoms with E-state index in [1.54, 1.807) is 11.3 Å². The molecule has 0 radical (unpaired) electrons. The summed E-state index contributed by atoms with van der Waals surface area (Å²) in [5, 5.41) is 3.06. The van der Waals surface area contributed by atoms with E-state index in [-0.39, 0.29) is 36.8 Å². The third-order valence-electron chi connectivity index (χ3n) is 3.93. The molecule has 1 aromatic heterocycles. The van der Waals surface area contributed by atoms with Crippen molar-refractivity contribution in [2.75, 3.05) is 13.1 Å². The van der Waals surface area contributed by atoms with Gasteiger partial charge in [0.2, 0.25) is 0 Å². The van der Waals surface area contributed by atoms with Gasteiger partial charge in [-0.3, -0.25) is 4.79 Å². The number of rotatable bonds is 3. The van der Waals surface area contributed by atoms with Gasteiger partial charge < -0.3 is 10.6 Å². The number of carbonyl (C=O) groups is 1.